The summed E-state index contributed by atoms with van der Waals surface area (Å²) in [5.41, 5.74) is 0. The van der Waals surface area contributed by atoms with E-state index in [1.54, 1.807) is 0 Å². The monoisotopic (exact) mass is 253 g/mol. The molecule has 0 bridgehead atoms. The maximum Gasteiger partial charge on any atom is 0.194 e. The van der Waals surface area contributed by atoms with Crippen LogP contribution >= 0.6 is 10.7 Å². The van der Waals surface area contributed by atoms with Gasteiger partial charge in [-0.2, -0.15) is 0 Å². The third kappa shape index (κ3) is 2.73. The van der Waals surface area contributed by atoms with Crippen molar-refractivity contribution in [3.05, 3.63) is 0 Å². The summed E-state index contributed by atoms with van der Waals surface area (Å²) in [6.07, 6.45) is 1.97. The Kier molecular flexibility index (Phi) is 3.12. The van der Waals surface area contributed by atoms with Crippen LogP contribution in [-0.2, 0) is 8.94 Å². The van der Waals surface area contributed by atoms with Gasteiger partial charge in [-0.3, -0.25) is 4.03 Å². The van der Waals surface area contributed by atoms with Crippen molar-refractivity contribution in [2.75, 3.05) is 0 Å². The predicted octanol–water partition coefficient (Wildman–Crippen LogP) is 3.78. The van der Waals surface area contributed by atoms with E-state index in [1.807, 2.05) is 0 Å². The SMILES string of the molecule is CC(C)(C)[Si](C)(C)N=S(=O)(Cl)C1CC1. The Morgan fingerprint density at radius 1 is 1.36 bits per heavy atom. The standard InChI is InChI=1S/C9H20ClNOSSi/c1-9(2,3)14(4,5)11-13(10,12)8-6-7-8/h8H,6-7H2,1-5H3. The molecular weight excluding hydrogens is 234 g/mol. The highest BCUT2D eigenvalue weighted by Crippen LogP contribution is 2.41. The van der Waals surface area contributed by atoms with Crippen LogP contribution < -0.4 is 0 Å². The highest BCUT2D eigenvalue weighted by atomic mass is 35.7. The van der Waals surface area contributed by atoms with Crippen LogP contribution in [0.25, 0.3) is 0 Å². The normalized spacial score (nSPS) is 23.0. The Labute approximate surface area is 93.2 Å². The fourth-order valence-corrected chi connectivity index (χ4v) is 7.87. The van der Waals surface area contributed by atoms with E-state index in [4.69, 9.17) is 10.7 Å². The minimum absolute atomic E-state index is 0.124. The van der Waals surface area contributed by atoms with Crippen molar-refractivity contribution in [2.24, 2.45) is 4.03 Å². The van der Waals surface area contributed by atoms with Crippen molar-refractivity contribution in [1.29, 1.82) is 0 Å². The van der Waals surface area contributed by atoms with Gasteiger partial charge < -0.3 is 0 Å². The Hall–Kier alpha value is 0.457. The summed E-state index contributed by atoms with van der Waals surface area (Å²) in [6.45, 7) is 10.7. The van der Waals surface area contributed by atoms with Gasteiger partial charge in [-0.1, -0.05) is 20.8 Å². The van der Waals surface area contributed by atoms with E-state index in [-0.39, 0.29) is 10.3 Å². The molecule has 1 aliphatic carbocycles. The number of halogens is 1. The van der Waals surface area contributed by atoms with Gasteiger partial charge in [0.05, 0.1) is 5.25 Å². The van der Waals surface area contributed by atoms with Crippen molar-refractivity contribution in [3.63, 3.8) is 0 Å². The summed E-state index contributed by atoms with van der Waals surface area (Å²) in [6, 6.07) is 0. The predicted molar refractivity (Wildman–Crippen MR) is 66.6 cm³/mol. The largest absolute Gasteiger partial charge is 0.265 e. The molecule has 0 N–H and O–H groups in total. The molecule has 84 valence electrons. The van der Waals surface area contributed by atoms with Gasteiger partial charge in [0.25, 0.3) is 0 Å². The average molecular weight is 254 g/mol. The molecule has 0 amide bonds. The van der Waals surface area contributed by atoms with Gasteiger partial charge in [0.2, 0.25) is 0 Å². The minimum Gasteiger partial charge on any atom is -0.265 e. The van der Waals surface area contributed by atoms with E-state index in [9.17, 15) is 4.21 Å². The van der Waals surface area contributed by atoms with E-state index in [0.717, 1.165) is 12.8 Å². The fraction of sp³-hybridized carbons (Fsp3) is 1.00. The summed E-state index contributed by atoms with van der Waals surface area (Å²) in [5.74, 6) is 0. The van der Waals surface area contributed by atoms with Crippen molar-refractivity contribution in [1.82, 2.24) is 0 Å². The highest BCUT2D eigenvalue weighted by molar-refractivity contribution is 8.16. The van der Waals surface area contributed by atoms with E-state index < -0.39 is 17.2 Å². The van der Waals surface area contributed by atoms with E-state index in [2.05, 4.69) is 37.9 Å². The highest BCUT2D eigenvalue weighted by Gasteiger charge is 2.40. The van der Waals surface area contributed by atoms with Crippen LogP contribution in [0.2, 0.25) is 18.1 Å². The van der Waals surface area contributed by atoms with Gasteiger partial charge in [0, 0.05) is 0 Å². The maximum atomic E-state index is 12.0. The average Bonchev–Trinajstić information content (AvgIpc) is 2.59. The van der Waals surface area contributed by atoms with Crippen molar-refractivity contribution in [2.45, 2.75) is 57.0 Å². The molecule has 1 aliphatic rings. The number of rotatable bonds is 2. The lowest BCUT2D eigenvalue weighted by atomic mass is 10.2. The third-order valence-electron chi connectivity index (χ3n) is 3.12. The van der Waals surface area contributed by atoms with Gasteiger partial charge in [-0.25, -0.2) is 4.21 Å². The molecular formula is C9H20ClNOSSi. The van der Waals surface area contributed by atoms with E-state index in [0.29, 0.717) is 0 Å². The van der Waals surface area contributed by atoms with E-state index >= 15 is 0 Å². The third-order valence-corrected chi connectivity index (χ3v) is 12.3. The van der Waals surface area contributed by atoms with Crippen LogP contribution in [0.4, 0.5) is 0 Å². The van der Waals surface area contributed by atoms with Crippen LogP contribution in [0.15, 0.2) is 4.03 Å². The molecule has 1 atom stereocenters. The number of hydrogen-bond acceptors (Lipinski definition) is 2. The van der Waals surface area contributed by atoms with Crippen molar-refractivity contribution in [3.8, 4) is 0 Å². The number of nitrogens with zero attached hydrogens (tertiary/aromatic N) is 1. The summed E-state index contributed by atoms with van der Waals surface area (Å²) in [7, 11) is 1.76. The molecule has 1 rings (SSSR count). The second-order valence-corrected chi connectivity index (χ2v) is 13.9. The van der Waals surface area contributed by atoms with Crippen molar-refractivity contribution >= 4 is 27.9 Å². The molecule has 0 aromatic rings. The van der Waals surface area contributed by atoms with Crippen LogP contribution in [0.5, 0.6) is 0 Å². The van der Waals surface area contributed by atoms with Gasteiger partial charge in [0.1, 0.15) is 8.94 Å². The zero-order valence-corrected chi connectivity index (χ0v) is 12.2. The molecule has 1 saturated carbocycles. The van der Waals surface area contributed by atoms with Gasteiger partial charge in [-0.05, 0) is 41.7 Å². The van der Waals surface area contributed by atoms with Gasteiger partial charge >= 0.3 is 0 Å². The molecule has 1 unspecified atom stereocenters. The van der Waals surface area contributed by atoms with Crippen molar-refractivity contribution < 1.29 is 4.21 Å². The molecule has 5 heteroatoms. The maximum absolute atomic E-state index is 12.0. The molecule has 0 heterocycles. The molecule has 0 saturated heterocycles. The Morgan fingerprint density at radius 3 is 2.07 bits per heavy atom. The van der Waals surface area contributed by atoms with Crippen LogP contribution in [0, 0.1) is 0 Å². The molecule has 0 aliphatic heterocycles. The van der Waals surface area contributed by atoms with Crippen LogP contribution in [-0.4, -0.2) is 17.7 Å². The molecule has 2 nitrogen and oxygen atoms in total. The quantitative estimate of drug-likeness (QED) is 0.544. The zero-order chi connectivity index (χ0) is 11.2. The fourth-order valence-electron chi connectivity index (χ4n) is 0.881. The number of hydrogen-bond donors (Lipinski definition) is 0. The second-order valence-electron chi connectivity index (χ2n) is 5.60. The van der Waals surface area contributed by atoms with Crippen LogP contribution in [0.3, 0.4) is 0 Å². The molecule has 0 radical (unpaired) electrons. The molecule has 0 spiro atoms. The topological polar surface area (TPSA) is 29.4 Å². The first-order chi connectivity index (χ1) is 6.06. The lowest BCUT2D eigenvalue weighted by Crippen LogP contribution is -2.36. The minimum atomic E-state index is -2.42. The van der Waals surface area contributed by atoms with Gasteiger partial charge in [-0.15, -0.1) is 0 Å². The van der Waals surface area contributed by atoms with Gasteiger partial charge in [0.15, 0.2) is 8.24 Å². The van der Waals surface area contributed by atoms with Crippen LogP contribution in [0.1, 0.15) is 33.6 Å². The Balaban J connectivity index is 3.01. The molecule has 14 heavy (non-hydrogen) atoms. The van der Waals surface area contributed by atoms with E-state index in [1.165, 1.54) is 0 Å². The summed E-state index contributed by atoms with van der Waals surface area (Å²) in [4.78, 5) is 0. The summed E-state index contributed by atoms with van der Waals surface area (Å²) < 4.78 is 16.6. The Morgan fingerprint density at radius 2 is 1.79 bits per heavy atom. The second kappa shape index (κ2) is 3.49. The Bertz CT molecular complexity index is 335. The first kappa shape index (κ1) is 12.5. The summed E-state index contributed by atoms with van der Waals surface area (Å²) >= 11 is 0. The molecule has 1 fully saturated rings. The molecule has 0 aromatic carbocycles. The molecule has 0 aromatic heterocycles. The smallest absolute Gasteiger partial charge is 0.194 e. The first-order valence-electron chi connectivity index (χ1n) is 5.03. The summed E-state index contributed by atoms with van der Waals surface area (Å²) in [5, 5.41) is 0.290. The lowest BCUT2D eigenvalue weighted by Gasteiger charge is -2.32. The first-order valence-corrected chi connectivity index (χ1v) is 10.4. The zero-order valence-electron chi connectivity index (χ0n) is 9.63. The lowest BCUT2D eigenvalue weighted by molar-refractivity contribution is 0.682.